The molecule has 0 radical (unpaired) electrons. The van der Waals surface area contributed by atoms with Gasteiger partial charge in [-0.2, -0.15) is 18.6 Å². The monoisotopic (exact) mass is 464 g/mol. The number of nitrogens with zero attached hydrogens (tertiary/aromatic N) is 7. The summed E-state index contributed by atoms with van der Waals surface area (Å²) in [6.07, 6.45) is 4.39. The van der Waals surface area contributed by atoms with E-state index in [1.165, 1.54) is 34.0 Å². The van der Waals surface area contributed by atoms with Crippen LogP contribution in [0.15, 0.2) is 60.0 Å². The average Bonchev–Trinajstić information content (AvgIpc) is 3.52. The van der Waals surface area contributed by atoms with Gasteiger partial charge in [-0.15, -0.1) is 0 Å². The van der Waals surface area contributed by atoms with Gasteiger partial charge in [0.1, 0.15) is 11.8 Å². The van der Waals surface area contributed by atoms with Crippen LogP contribution in [-0.2, 0) is 4.79 Å². The molecule has 10 nitrogen and oxygen atoms in total. The lowest BCUT2D eigenvalue weighted by Crippen LogP contribution is -2.33. The van der Waals surface area contributed by atoms with Crippen LogP contribution in [0.5, 0.6) is 0 Å². The molecule has 5 aromatic rings. The van der Waals surface area contributed by atoms with Gasteiger partial charge in [-0.25, -0.2) is 23.9 Å². The number of aromatic amines is 1. The van der Waals surface area contributed by atoms with Gasteiger partial charge in [0, 0.05) is 12.6 Å². The van der Waals surface area contributed by atoms with Crippen LogP contribution in [0.25, 0.3) is 22.4 Å². The number of para-hydroxylation sites is 1. The molecule has 166 valence electrons. The molecule has 6 rings (SSSR count). The first-order valence-corrected chi connectivity index (χ1v) is 9.89. The Morgan fingerprint density at radius 1 is 1.06 bits per heavy atom. The van der Waals surface area contributed by atoms with Gasteiger partial charge >= 0.3 is 0 Å². The van der Waals surface area contributed by atoms with Crippen molar-refractivity contribution in [2.24, 2.45) is 0 Å². The number of rotatable bonds is 3. The first kappa shape index (κ1) is 20.8. The highest BCUT2D eigenvalue weighted by Gasteiger charge is 2.38. The number of hydrogen-bond donors (Lipinski definition) is 1. The molecule has 0 aliphatic carbocycles. The third-order valence-corrected chi connectivity index (χ3v) is 5.59. The number of benzene rings is 1. The number of ketones is 1. The normalized spacial score (nSPS) is 16.0. The van der Waals surface area contributed by atoms with E-state index in [1.807, 2.05) is 6.07 Å². The minimum Gasteiger partial charge on any atom is -0.340 e. The van der Waals surface area contributed by atoms with Crippen LogP contribution in [0.4, 0.5) is 10.2 Å². The Labute approximate surface area is 192 Å². The van der Waals surface area contributed by atoms with Gasteiger partial charge in [0.25, 0.3) is 5.56 Å². The van der Waals surface area contributed by atoms with Crippen molar-refractivity contribution < 1.29 is 9.18 Å². The molecule has 0 spiro atoms. The minimum absolute atomic E-state index is 0. The van der Waals surface area contributed by atoms with Crippen molar-refractivity contribution in [3.63, 3.8) is 0 Å². The van der Waals surface area contributed by atoms with Crippen LogP contribution >= 0.6 is 13.5 Å². The van der Waals surface area contributed by atoms with Crippen molar-refractivity contribution in [1.29, 1.82) is 0 Å². The second kappa shape index (κ2) is 7.81. The second-order valence-electron chi connectivity index (χ2n) is 7.48. The molecule has 1 aliphatic heterocycles. The van der Waals surface area contributed by atoms with E-state index in [-0.39, 0.29) is 37.8 Å². The fourth-order valence-corrected chi connectivity index (χ4v) is 4.20. The van der Waals surface area contributed by atoms with E-state index < -0.39 is 17.4 Å². The minimum atomic E-state index is -0.659. The molecule has 4 aromatic heterocycles. The van der Waals surface area contributed by atoms with Crippen molar-refractivity contribution in [3.05, 3.63) is 77.2 Å². The largest absolute Gasteiger partial charge is 0.340 e. The number of hydrogen-bond acceptors (Lipinski definition) is 7. The number of H-pyrrole nitrogens is 1. The highest BCUT2D eigenvalue weighted by molar-refractivity contribution is 7.59. The topological polar surface area (TPSA) is 114 Å². The van der Waals surface area contributed by atoms with Crippen LogP contribution in [0.2, 0.25) is 0 Å². The second-order valence-corrected chi connectivity index (χ2v) is 7.48. The highest BCUT2D eigenvalue weighted by Crippen LogP contribution is 2.35. The average molecular weight is 464 g/mol. The van der Waals surface area contributed by atoms with Crippen LogP contribution in [0.1, 0.15) is 18.3 Å². The van der Waals surface area contributed by atoms with Crippen LogP contribution < -0.4 is 10.5 Å². The Balaban J connectivity index is 0.00000228. The van der Waals surface area contributed by atoms with Crippen LogP contribution in [0, 0.1) is 5.82 Å². The summed E-state index contributed by atoms with van der Waals surface area (Å²) in [5.41, 5.74) is 0.846. The molecule has 0 bridgehead atoms. The molecule has 1 aromatic carbocycles. The lowest BCUT2D eigenvalue weighted by molar-refractivity contribution is -0.116. The van der Waals surface area contributed by atoms with E-state index >= 15 is 0 Å². The zero-order chi connectivity index (χ0) is 21.8. The molecule has 0 unspecified atom stereocenters. The van der Waals surface area contributed by atoms with Crippen LogP contribution in [0.3, 0.4) is 0 Å². The molecule has 1 N–H and O–H groups in total. The van der Waals surface area contributed by atoms with Crippen molar-refractivity contribution in [1.82, 2.24) is 34.1 Å². The van der Waals surface area contributed by atoms with E-state index in [4.69, 9.17) is 0 Å². The smallest absolute Gasteiger partial charge is 0.285 e. The Bertz CT molecular complexity index is 1560. The number of carbonyl (C=O) groups is 1. The Morgan fingerprint density at radius 2 is 1.88 bits per heavy atom. The number of halogens is 1. The third-order valence-electron chi connectivity index (χ3n) is 5.59. The summed E-state index contributed by atoms with van der Waals surface area (Å²) >= 11 is 0. The van der Waals surface area contributed by atoms with Gasteiger partial charge in [0.05, 0.1) is 24.6 Å². The molecular formula is C21H17FN8O2S. The number of nitrogens with one attached hydrogen (secondary N) is 1. The number of imidazole rings is 1. The first-order valence-electron chi connectivity index (χ1n) is 9.89. The quantitative estimate of drug-likeness (QED) is 0.434. The molecule has 33 heavy (non-hydrogen) atoms. The first-order chi connectivity index (χ1) is 15.6. The van der Waals surface area contributed by atoms with Gasteiger partial charge in [-0.3, -0.25) is 14.2 Å². The standard InChI is InChI=1S/C21H15FN8O2.H2S/c22-14-6-7-29-17(14)21(32)30(12-4-2-1-3-5-12)19(27-29)15-8-13(31)9-28(15)20-16-18(24-10-23-16)25-11-26-20;/h1-7,10-11,15H,8-9H2,(H,23,24,25,26);1H2/t15-;/m0./s1. The lowest BCUT2D eigenvalue weighted by Gasteiger charge is -2.26. The van der Waals surface area contributed by atoms with Gasteiger partial charge in [-0.1, -0.05) is 18.2 Å². The van der Waals surface area contributed by atoms with E-state index in [0.29, 0.717) is 28.5 Å². The number of Topliss-reactive ketones (excluding diaryl/α,β-unsaturated/α-hetero) is 1. The molecule has 12 heteroatoms. The summed E-state index contributed by atoms with van der Waals surface area (Å²) in [5.74, 6) is 0.0967. The Kier molecular flexibility index (Phi) is 4.93. The SMILES string of the molecule is O=C1C[C@@H](c2nn3ccc(F)c3c(=O)n2-c2ccccc2)N(c2ncnc3nc[nH]c23)C1.S. The molecular weight excluding hydrogens is 447 g/mol. The molecule has 1 saturated heterocycles. The zero-order valence-electron chi connectivity index (χ0n) is 17.0. The maximum Gasteiger partial charge on any atom is 0.285 e. The summed E-state index contributed by atoms with van der Waals surface area (Å²) in [6.45, 7) is 0.0819. The fraction of sp³-hybridized carbons (Fsp3) is 0.143. The lowest BCUT2D eigenvalue weighted by atomic mass is 10.1. The molecule has 1 aliphatic rings. The predicted octanol–water partition coefficient (Wildman–Crippen LogP) is 1.92. The summed E-state index contributed by atoms with van der Waals surface area (Å²) in [5, 5.41) is 4.57. The highest BCUT2D eigenvalue weighted by atomic mass is 32.1. The molecule has 0 amide bonds. The molecule has 1 fully saturated rings. The van der Waals surface area contributed by atoms with Crippen molar-refractivity contribution in [3.8, 4) is 5.69 Å². The van der Waals surface area contributed by atoms with Crippen molar-refractivity contribution in [2.45, 2.75) is 12.5 Å². The van der Waals surface area contributed by atoms with E-state index in [1.54, 1.807) is 29.2 Å². The summed E-state index contributed by atoms with van der Waals surface area (Å²) in [6, 6.07) is 9.44. The van der Waals surface area contributed by atoms with E-state index in [9.17, 15) is 14.0 Å². The van der Waals surface area contributed by atoms with E-state index in [0.717, 1.165) is 0 Å². The van der Waals surface area contributed by atoms with Gasteiger partial charge in [0.2, 0.25) is 0 Å². The third kappa shape index (κ3) is 3.18. The number of anilines is 1. The fourth-order valence-electron chi connectivity index (χ4n) is 4.20. The van der Waals surface area contributed by atoms with Crippen molar-refractivity contribution >= 4 is 41.8 Å². The molecule has 5 heterocycles. The van der Waals surface area contributed by atoms with Crippen molar-refractivity contribution in [2.75, 3.05) is 11.4 Å². The van der Waals surface area contributed by atoms with Crippen LogP contribution in [-0.4, -0.2) is 46.4 Å². The van der Waals surface area contributed by atoms with Gasteiger partial charge in [0.15, 0.2) is 34.4 Å². The number of aromatic nitrogens is 7. The number of fused-ring (bicyclic) bond motifs is 2. The molecule has 1 atom stereocenters. The molecule has 0 saturated carbocycles. The Hall–Kier alpha value is -4.06. The maximum atomic E-state index is 14.4. The maximum absolute atomic E-state index is 14.4. The zero-order valence-corrected chi connectivity index (χ0v) is 18.0. The summed E-state index contributed by atoms with van der Waals surface area (Å²) < 4.78 is 17.0. The predicted molar refractivity (Wildman–Crippen MR) is 123 cm³/mol. The van der Waals surface area contributed by atoms with E-state index in [2.05, 4.69) is 25.0 Å². The van der Waals surface area contributed by atoms with Gasteiger partial charge in [-0.05, 0) is 18.2 Å². The number of carbonyl (C=O) groups excluding carboxylic acids is 1. The summed E-state index contributed by atoms with van der Waals surface area (Å²) in [4.78, 5) is 43.4. The Morgan fingerprint density at radius 3 is 2.70 bits per heavy atom. The summed E-state index contributed by atoms with van der Waals surface area (Å²) in [7, 11) is 0. The van der Waals surface area contributed by atoms with Gasteiger partial charge < -0.3 is 9.88 Å².